The van der Waals surface area contributed by atoms with Gasteiger partial charge in [0.05, 0.1) is 12.0 Å². The summed E-state index contributed by atoms with van der Waals surface area (Å²) in [6.07, 6.45) is 7.64. The lowest BCUT2D eigenvalue weighted by atomic mass is 9.84. The molecule has 0 aromatic heterocycles. The van der Waals surface area contributed by atoms with Gasteiger partial charge in [-0.2, -0.15) is 5.26 Å². The number of hydrogen-bond donors (Lipinski definition) is 0. The maximum absolute atomic E-state index is 9.17. The van der Waals surface area contributed by atoms with Crippen molar-refractivity contribution in [2.75, 3.05) is 13.1 Å². The zero-order valence-electron chi connectivity index (χ0n) is 9.78. The molecule has 3 unspecified atom stereocenters. The molecule has 2 nitrogen and oxygen atoms in total. The predicted molar refractivity (Wildman–Crippen MR) is 61.3 cm³/mol. The van der Waals surface area contributed by atoms with Gasteiger partial charge in [0.1, 0.15) is 0 Å². The molecule has 3 atom stereocenters. The minimum Gasteiger partial charge on any atom is -0.299 e. The summed E-state index contributed by atoms with van der Waals surface area (Å²) in [5.41, 5.74) is 0. The van der Waals surface area contributed by atoms with Crippen LogP contribution >= 0.6 is 0 Å². The Morgan fingerprint density at radius 3 is 2.73 bits per heavy atom. The van der Waals surface area contributed by atoms with Gasteiger partial charge in [-0.1, -0.05) is 26.2 Å². The Kier molecular flexibility index (Phi) is 3.64. The van der Waals surface area contributed by atoms with E-state index in [2.05, 4.69) is 17.9 Å². The highest BCUT2D eigenvalue weighted by Gasteiger charge is 2.33. The van der Waals surface area contributed by atoms with Crippen molar-refractivity contribution < 1.29 is 0 Å². The van der Waals surface area contributed by atoms with Crippen molar-refractivity contribution in [1.82, 2.24) is 4.90 Å². The van der Waals surface area contributed by atoms with E-state index in [0.717, 1.165) is 12.3 Å². The Balaban J connectivity index is 1.94. The second kappa shape index (κ2) is 4.99. The van der Waals surface area contributed by atoms with Crippen molar-refractivity contribution in [2.24, 2.45) is 11.8 Å². The quantitative estimate of drug-likeness (QED) is 0.694. The molecule has 84 valence electrons. The first-order valence-corrected chi connectivity index (χ1v) is 6.48. The third kappa shape index (κ3) is 2.34. The summed E-state index contributed by atoms with van der Waals surface area (Å²) in [6, 6.07) is 3.11. The molecule has 1 aliphatic carbocycles. The molecular formula is C13H22N2. The summed E-state index contributed by atoms with van der Waals surface area (Å²) in [5.74, 6) is 1.21. The van der Waals surface area contributed by atoms with Crippen LogP contribution in [0, 0.1) is 23.2 Å². The third-order valence-electron chi connectivity index (χ3n) is 4.26. The smallest absolute Gasteiger partial charge is 0.0672 e. The van der Waals surface area contributed by atoms with E-state index in [1.807, 2.05) is 0 Å². The van der Waals surface area contributed by atoms with Crippen LogP contribution in [0.4, 0.5) is 0 Å². The molecule has 0 N–H and O–H groups in total. The van der Waals surface area contributed by atoms with Crippen molar-refractivity contribution in [3.05, 3.63) is 0 Å². The molecule has 2 fully saturated rings. The molecule has 2 heteroatoms. The standard InChI is InChI=1S/C13H22N2/c1-2-11-7-8-15(10-11)13-6-4-3-5-12(13)9-14/h11-13H,2-8,10H2,1H3. The zero-order chi connectivity index (χ0) is 10.7. The topological polar surface area (TPSA) is 27.0 Å². The molecule has 1 saturated carbocycles. The summed E-state index contributed by atoms with van der Waals surface area (Å²) >= 11 is 0. The van der Waals surface area contributed by atoms with E-state index in [-0.39, 0.29) is 0 Å². The van der Waals surface area contributed by atoms with Gasteiger partial charge in [0.15, 0.2) is 0 Å². The predicted octanol–water partition coefficient (Wildman–Crippen LogP) is 2.80. The van der Waals surface area contributed by atoms with Crippen LogP contribution < -0.4 is 0 Å². The first-order chi connectivity index (χ1) is 7.35. The van der Waals surface area contributed by atoms with Crippen molar-refractivity contribution in [2.45, 2.75) is 51.5 Å². The molecule has 1 aliphatic heterocycles. The van der Waals surface area contributed by atoms with Crippen LogP contribution in [0.3, 0.4) is 0 Å². The van der Waals surface area contributed by atoms with Gasteiger partial charge in [0.2, 0.25) is 0 Å². The molecule has 0 amide bonds. The molecule has 15 heavy (non-hydrogen) atoms. The van der Waals surface area contributed by atoms with E-state index in [4.69, 9.17) is 5.26 Å². The van der Waals surface area contributed by atoms with Crippen molar-refractivity contribution >= 4 is 0 Å². The van der Waals surface area contributed by atoms with Crippen LogP contribution in [-0.4, -0.2) is 24.0 Å². The minimum atomic E-state index is 0.314. The fraction of sp³-hybridized carbons (Fsp3) is 0.923. The molecule has 0 spiro atoms. The van der Waals surface area contributed by atoms with Gasteiger partial charge in [0.25, 0.3) is 0 Å². The number of rotatable bonds is 2. The third-order valence-corrected chi connectivity index (χ3v) is 4.26. The molecule has 0 radical (unpaired) electrons. The van der Waals surface area contributed by atoms with E-state index < -0.39 is 0 Å². The zero-order valence-corrected chi connectivity index (χ0v) is 9.78. The molecule has 2 rings (SSSR count). The van der Waals surface area contributed by atoms with Crippen molar-refractivity contribution in [3.8, 4) is 6.07 Å². The molecule has 0 aromatic carbocycles. The lowest BCUT2D eigenvalue weighted by molar-refractivity contribution is 0.151. The first kappa shape index (κ1) is 11.0. The maximum atomic E-state index is 9.17. The van der Waals surface area contributed by atoms with E-state index in [1.165, 1.54) is 45.2 Å². The van der Waals surface area contributed by atoms with Crippen LogP contribution in [0.2, 0.25) is 0 Å². The minimum absolute atomic E-state index is 0.314. The van der Waals surface area contributed by atoms with E-state index in [0.29, 0.717) is 12.0 Å². The van der Waals surface area contributed by atoms with Crippen LogP contribution in [0.1, 0.15) is 45.4 Å². The van der Waals surface area contributed by atoms with Gasteiger partial charge in [-0.05, 0) is 31.7 Å². The summed E-state index contributed by atoms with van der Waals surface area (Å²) < 4.78 is 0. The molecule has 0 aromatic rings. The van der Waals surface area contributed by atoms with Crippen LogP contribution in [0.5, 0.6) is 0 Å². The Bertz CT molecular complexity index is 243. The summed E-state index contributed by atoms with van der Waals surface area (Å²) in [6.45, 7) is 4.78. The Labute approximate surface area is 93.3 Å². The van der Waals surface area contributed by atoms with Gasteiger partial charge in [-0.25, -0.2) is 0 Å². The normalized spacial score (nSPS) is 37.7. The van der Waals surface area contributed by atoms with Crippen LogP contribution in [0.25, 0.3) is 0 Å². The molecule has 1 saturated heterocycles. The lowest BCUT2D eigenvalue weighted by Crippen LogP contribution is -2.40. The number of likely N-dealkylation sites (tertiary alicyclic amines) is 1. The van der Waals surface area contributed by atoms with Crippen LogP contribution in [-0.2, 0) is 0 Å². The molecular weight excluding hydrogens is 184 g/mol. The highest BCUT2D eigenvalue weighted by molar-refractivity contribution is 4.97. The van der Waals surface area contributed by atoms with Gasteiger partial charge in [-0.3, -0.25) is 4.90 Å². The second-order valence-electron chi connectivity index (χ2n) is 5.15. The van der Waals surface area contributed by atoms with Gasteiger partial charge in [0, 0.05) is 12.6 Å². The summed E-state index contributed by atoms with van der Waals surface area (Å²) in [5, 5.41) is 9.17. The number of nitriles is 1. The molecule has 1 heterocycles. The Hall–Kier alpha value is -0.550. The highest BCUT2D eigenvalue weighted by atomic mass is 15.2. The number of hydrogen-bond acceptors (Lipinski definition) is 2. The van der Waals surface area contributed by atoms with Gasteiger partial charge >= 0.3 is 0 Å². The van der Waals surface area contributed by atoms with Crippen molar-refractivity contribution in [1.29, 1.82) is 5.26 Å². The van der Waals surface area contributed by atoms with E-state index >= 15 is 0 Å². The Morgan fingerprint density at radius 2 is 2.07 bits per heavy atom. The van der Waals surface area contributed by atoms with E-state index in [1.54, 1.807) is 0 Å². The fourth-order valence-corrected chi connectivity index (χ4v) is 3.20. The molecule has 2 aliphatic rings. The first-order valence-electron chi connectivity index (χ1n) is 6.48. The maximum Gasteiger partial charge on any atom is 0.0672 e. The van der Waals surface area contributed by atoms with Crippen LogP contribution in [0.15, 0.2) is 0 Å². The SMILES string of the molecule is CCC1CCN(C2CCCCC2C#N)C1. The van der Waals surface area contributed by atoms with E-state index in [9.17, 15) is 0 Å². The average Bonchev–Trinajstić information content (AvgIpc) is 2.77. The monoisotopic (exact) mass is 206 g/mol. The lowest BCUT2D eigenvalue weighted by Gasteiger charge is -2.34. The van der Waals surface area contributed by atoms with Gasteiger partial charge in [-0.15, -0.1) is 0 Å². The largest absolute Gasteiger partial charge is 0.299 e. The second-order valence-corrected chi connectivity index (χ2v) is 5.15. The van der Waals surface area contributed by atoms with Crippen molar-refractivity contribution in [3.63, 3.8) is 0 Å². The highest BCUT2D eigenvalue weighted by Crippen LogP contribution is 2.32. The fourth-order valence-electron chi connectivity index (χ4n) is 3.20. The number of nitrogens with zero attached hydrogens (tertiary/aromatic N) is 2. The average molecular weight is 206 g/mol. The van der Waals surface area contributed by atoms with Gasteiger partial charge < -0.3 is 0 Å². The summed E-state index contributed by atoms with van der Waals surface area (Å²) in [7, 11) is 0. The Morgan fingerprint density at radius 1 is 1.27 bits per heavy atom. The molecule has 0 bridgehead atoms. The summed E-state index contributed by atoms with van der Waals surface area (Å²) in [4.78, 5) is 2.60.